The van der Waals surface area contributed by atoms with E-state index in [0.717, 1.165) is 4.48 Å². The Kier molecular flexibility index (Phi) is 3.35. The van der Waals surface area contributed by atoms with E-state index in [2.05, 4.69) is 28.2 Å². The largest absolute Gasteiger partial charge is 2.00 e. The molecular formula is C4H13NO. The molecule has 0 amide bonds. The van der Waals surface area contributed by atoms with Crippen molar-refractivity contribution in [1.82, 2.24) is 0 Å². The van der Waals surface area contributed by atoms with Crippen molar-refractivity contribution in [2.45, 2.75) is 0 Å². The molecule has 0 atom stereocenters. The fraction of sp³-hybridized carbons (Fsp3) is 1.00. The summed E-state index contributed by atoms with van der Waals surface area (Å²) in [7, 11) is 8.50. The molecule has 40 valence electrons. The van der Waals surface area contributed by atoms with Crippen LogP contribution in [0.5, 0.6) is 0 Å². The minimum atomic E-state index is 0. The molecule has 0 fully saturated rings. The van der Waals surface area contributed by atoms with Gasteiger partial charge < -0.3 is 9.96 Å². The summed E-state index contributed by atoms with van der Waals surface area (Å²) in [5, 5.41) is 0. The first-order valence-corrected chi connectivity index (χ1v) is 1.79. The first kappa shape index (κ1) is 9.33. The van der Waals surface area contributed by atoms with Crippen LogP contribution >= 0.6 is 0 Å². The third kappa shape index (κ3) is 5220. The number of hydrogen-bond acceptors (Lipinski definition) is 0. The standard InChI is InChI=1S/C4H12N.O/c1-5(2,3)4;/h1-4H3;/q+1;-2/p+1. The first-order valence-electron chi connectivity index (χ1n) is 1.79. The Balaban J connectivity index is -0.0000000800. The Labute approximate surface area is 40.8 Å². The molecular weight excluding hydrogens is 78.0 g/mol. The van der Waals surface area contributed by atoms with Gasteiger partial charge in [0.1, 0.15) is 0 Å². The van der Waals surface area contributed by atoms with Crippen molar-refractivity contribution in [3.8, 4) is 0 Å². The van der Waals surface area contributed by atoms with Crippen molar-refractivity contribution in [3.05, 3.63) is 0 Å². The highest BCUT2D eigenvalue weighted by atomic mass is 16.0. The zero-order valence-electron chi connectivity index (χ0n) is 5.86. The molecule has 0 unspecified atom stereocenters. The monoisotopic (exact) mass is 91.1 g/mol. The van der Waals surface area contributed by atoms with E-state index >= 15 is 0 Å². The highest BCUT2D eigenvalue weighted by molar-refractivity contribution is 3.87. The molecule has 0 aromatic heterocycles. The van der Waals surface area contributed by atoms with Gasteiger partial charge in [-0.15, -0.1) is 0 Å². The average Bonchev–Trinajstić information content (AvgIpc) is 0.722. The van der Waals surface area contributed by atoms with Gasteiger partial charge in [0, 0.05) is 0 Å². The van der Waals surface area contributed by atoms with E-state index in [1.165, 1.54) is 0 Å². The molecule has 0 aliphatic rings. The van der Waals surface area contributed by atoms with Crippen LogP contribution in [0.2, 0.25) is 0 Å². The summed E-state index contributed by atoms with van der Waals surface area (Å²) in [6.45, 7) is 0. The Morgan fingerprint density at radius 1 is 1.00 bits per heavy atom. The fourth-order valence-electron chi connectivity index (χ4n) is 0. The van der Waals surface area contributed by atoms with Crippen molar-refractivity contribution in [1.29, 1.82) is 0 Å². The van der Waals surface area contributed by atoms with Crippen LogP contribution in [0.25, 0.3) is 0 Å². The summed E-state index contributed by atoms with van der Waals surface area (Å²) in [4.78, 5) is 0. The zero-order chi connectivity index (χ0) is 4.50. The Hall–Kier alpha value is -0.0800. The zero-order valence-corrected chi connectivity index (χ0v) is 4.86. The highest BCUT2D eigenvalue weighted by Gasteiger charge is 1.88. The molecule has 0 spiro atoms. The smallest absolute Gasteiger partial charge is 1.00 e. The van der Waals surface area contributed by atoms with Crippen LogP contribution in [-0.4, -0.2) is 32.7 Å². The molecule has 0 bridgehead atoms. The molecule has 0 heterocycles. The minimum Gasteiger partial charge on any atom is -2.00 e. The van der Waals surface area contributed by atoms with Gasteiger partial charge in [-0.2, -0.15) is 0 Å². The molecule has 0 saturated heterocycles. The molecule has 2 heteroatoms. The number of hydrogen-bond donors (Lipinski definition) is 0. The molecule has 0 saturated carbocycles. The lowest BCUT2D eigenvalue weighted by molar-refractivity contribution is -0.849. The van der Waals surface area contributed by atoms with Gasteiger partial charge in [-0.05, 0) is 0 Å². The summed E-state index contributed by atoms with van der Waals surface area (Å²) in [5.41, 5.74) is 0. The van der Waals surface area contributed by atoms with Crippen LogP contribution in [0.1, 0.15) is 1.43 Å². The quantitative estimate of drug-likeness (QED) is 0.384. The molecule has 0 N–H and O–H groups in total. The van der Waals surface area contributed by atoms with Crippen LogP contribution in [-0.2, 0) is 5.48 Å². The lowest BCUT2D eigenvalue weighted by atomic mass is 10.8. The van der Waals surface area contributed by atoms with Gasteiger partial charge in [0.15, 0.2) is 0 Å². The van der Waals surface area contributed by atoms with Crippen LogP contribution in [0.15, 0.2) is 0 Å². The van der Waals surface area contributed by atoms with E-state index in [4.69, 9.17) is 0 Å². The Morgan fingerprint density at radius 3 is 1.00 bits per heavy atom. The fourth-order valence-corrected chi connectivity index (χ4v) is 0. The van der Waals surface area contributed by atoms with Crippen LogP contribution in [0, 0.1) is 0 Å². The maximum absolute atomic E-state index is 2.12. The second-order valence-corrected chi connectivity index (χ2v) is 2.68. The van der Waals surface area contributed by atoms with Gasteiger partial charge in [0.05, 0.1) is 28.2 Å². The number of nitrogens with zero attached hydrogens (tertiary/aromatic N) is 1. The highest BCUT2D eigenvalue weighted by Crippen LogP contribution is 1.73. The number of rotatable bonds is 0. The number of quaternary nitrogens is 1. The van der Waals surface area contributed by atoms with Crippen LogP contribution in [0.4, 0.5) is 0 Å². The van der Waals surface area contributed by atoms with Gasteiger partial charge in [-0.25, -0.2) is 0 Å². The SMILES string of the molecule is C[N+](C)(C)C.[H+].[O-2]. The van der Waals surface area contributed by atoms with Gasteiger partial charge in [0.25, 0.3) is 0 Å². The lowest BCUT2D eigenvalue weighted by Crippen LogP contribution is -2.27. The van der Waals surface area contributed by atoms with E-state index < -0.39 is 0 Å². The molecule has 2 nitrogen and oxygen atoms in total. The maximum Gasteiger partial charge on any atom is 1.00 e. The Bertz CT molecular complexity index is 27.2. The molecule has 0 aromatic carbocycles. The minimum absolute atomic E-state index is 0. The van der Waals surface area contributed by atoms with Crippen molar-refractivity contribution in [2.24, 2.45) is 0 Å². The van der Waals surface area contributed by atoms with Gasteiger partial charge in [0.2, 0.25) is 0 Å². The van der Waals surface area contributed by atoms with Crippen LogP contribution < -0.4 is 0 Å². The summed E-state index contributed by atoms with van der Waals surface area (Å²) < 4.78 is 1.00. The summed E-state index contributed by atoms with van der Waals surface area (Å²) in [5.74, 6) is 0. The molecule has 0 aromatic rings. The van der Waals surface area contributed by atoms with Crippen molar-refractivity contribution < 1.29 is 11.4 Å². The van der Waals surface area contributed by atoms with Crippen molar-refractivity contribution in [3.63, 3.8) is 0 Å². The molecule has 6 heavy (non-hydrogen) atoms. The van der Waals surface area contributed by atoms with Gasteiger partial charge in [-0.3, -0.25) is 0 Å². The lowest BCUT2D eigenvalue weighted by Gasteiger charge is -2.14. The van der Waals surface area contributed by atoms with Crippen LogP contribution in [0.3, 0.4) is 0 Å². The third-order valence-electron chi connectivity index (χ3n) is 0. The molecule has 0 radical (unpaired) electrons. The second kappa shape index (κ2) is 2.16. The normalized spacial score (nSPS) is 10.0. The summed E-state index contributed by atoms with van der Waals surface area (Å²) in [6.07, 6.45) is 0. The predicted molar refractivity (Wildman–Crippen MR) is 25.8 cm³/mol. The average molecular weight is 91.2 g/mol. The van der Waals surface area contributed by atoms with Crippen molar-refractivity contribution in [2.75, 3.05) is 28.2 Å². The van der Waals surface area contributed by atoms with Crippen molar-refractivity contribution >= 4 is 0 Å². The predicted octanol–water partition coefficient (Wildman–Crippen LogP) is 0.316. The summed E-state index contributed by atoms with van der Waals surface area (Å²) in [6, 6.07) is 0. The van der Waals surface area contributed by atoms with E-state index in [0.29, 0.717) is 0 Å². The van der Waals surface area contributed by atoms with E-state index in [1.807, 2.05) is 0 Å². The third-order valence-corrected chi connectivity index (χ3v) is 0. The molecule has 0 aliphatic carbocycles. The van der Waals surface area contributed by atoms with Gasteiger partial charge >= 0.3 is 1.43 Å². The summed E-state index contributed by atoms with van der Waals surface area (Å²) >= 11 is 0. The molecule has 0 rings (SSSR count). The topological polar surface area (TPSA) is 28.5 Å². The first-order chi connectivity index (χ1) is 2.00. The maximum atomic E-state index is 2.12. The van der Waals surface area contributed by atoms with E-state index in [-0.39, 0.29) is 6.90 Å². The molecule has 0 aliphatic heterocycles. The van der Waals surface area contributed by atoms with E-state index in [1.54, 1.807) is 0 Å². The van der Waals surface area contributed by atoms with Gasteiger partial charge in [-0.1, -0.05) is 0 Å². The Morgan fingerprint density at radius 2 is 1.00 bits per heavy atom. The second-order valence-electron chi connectivity index (χ2n) is 2.68. The van der Waals surface area contributed by atoms with E-state index in [9.17, 15) is 0 Å².